The van der Waals surface area contributed by atoms with Crippen LogP contribution < -0.4 is 5.32 Å². The molecule has 0 aromatic heterocycles. The summed E-state index contributed by atoms with van der Waals surface area (Å²) in [4.78, 5) is 2.46. The van der Waals surface area contributed by atoms with Gasteiger partial charge in [-0.2, -0.15) is 0 Å². The van der Waals surface area contributed by atoms with Crippen LogP contribution in [0.3, 0.4) is 0 Å². The summed E-state index contributed by atoms with van der Waals surface area (Å²) in [5.41, 5.74) is 5.11. The summed E-state index contributed by atoms with van der Waals surface area (Å²) in [7, 11) is 1.73. The maximum Gasteiger partial charge on any atom is 0.142 e. The maximum absolute atomic E-state index is 6.24. The molecule has 0 bridgehead atoms. The molecule has 0 amide bonds. The molecule has 2 aliphatic rings. The first-order valence-corrected chi connectivity index (χ1v) is 12.0. The molecular weight excluding hydrogens is 420 g/mol. The highest BCUT2D eigenvalue weighted by atomic mass is 16.5. The minimum atomic E-state index is -0.0971. The van der Waals surface area contributed by atoms with Gasteiger partial charge >= 0.3 is 0 Å². The smallest absolute Gasteiger partial charge is 0.142 e. The number of ether oxygens (including phenoxy) is 2. The molecule has 1 aliphatic carbocycles. The van der Waals surface area contributed by atoms with Crippen molar-refractivity contribution < 1.29 is 9.47 Å². The topological polar surface area (TPSA) is 33.7 Å². The Morgan fingerprint density at radius 2 is 1.38 bits per heavy atom. The van der Waals surface area contributed by atoms with Gasteiger partial charge in [0.15, 0.2) is 0 Å². The molecule has 2 unspecified atom stereocenters. The molecule has 1 heterocycles. The molecule has 0 spiro atoms. The van der Waals surface area contributed by atoms with E-state index in [-0.39, 0.29) is 18.2 Å². The van der Waals surface area contributed by atoms with Crippen molar-refractivity contribution in [2.24, 2.45) is 5.92 Å². The Kier molecular flexibility index (Phi) is 7.08. The Bertz CT molecular complexity index is 1070. The molecule has 5 rings (SSSR count). The average molecular weight is 453 g/mol. The minimum Gasteiger partial charge on any atom is -0.492 e. The number of nitrogens with one attached hydrogen (secondary N) is 1. The number of nitrogens with zero attached hydrogens (tertiary/aromatic N) is 1. The van der Waals surface area contributed by atoms with Crippen LogP contribution in [-0.4, -0.2) is 30.9 Å². The van der Waals surface area contributed by atoms with Crippen molar-refractivity contribution in [1.82, 2.24) is 10.2 Å². The summed E-state index contributed by atoms with van der Waals surface area (Å²) < 4.78 is 11.8. The van der Waals surface area contributed by atoms with Gasteiger partial charge in [0.2, 0.25) is 0 Å². The zero-order valence-corrected chi connectivity index (χ0v) is 19.6. The SMILES string of the molecule is CO[C@H]1COC2=CC(N(Cc3ccccc3)Cc3ccccc3)=CC(Cc3ccccc3)C2N1. The van der Waals surface area contributed by atoms with E-state index < -0.39 is 0 Å². The third kappa shape index (κ3) is 5.41. The molecule has 1 N–H and O–H groups in total. The molecule has 3 aromatic carbocycles. The number of rotatable bonds is 8. The Labute approximate surface area is 202 Å². The first-order chi connectivity index (χ1) is 16.8. The van der Waals surface area contributed by atoms with E-state index in [1.54, 1.807) is 7.11 Å². The molecule has 1 fully saturated rings. The molecule has 3 atom stereocenters. The third-order valence-corrected chi connectivity index (χ3v) is 6.57. The highest BCUT2D eigenvalue weighted by Crippen LogP contribution is 2.32. The molecular formula is C30H32N2O2. The summed E-state index contributed by atoms with van der Waals surface area (Å²) in [5, 5.41) is 3.66. The van der Waals surface area contributed by atoms with Crippen LogP contribution in [0, 0.1) is 5.92 Å². The van der Waals surface area contributed by atoms with Crippen LogP contribution in [0.4, 0.5) is 0 Å². The number of allylic oxidation sites excluding steroid dienone is 1. The predicted octanol–water partition coefficient (Wildman–Crippen LogP) is 5.29. The van der Waals surface area contributed by atoms with Crippen molar-refractivity contribution in [3.8, 4) is 0 Å². The lowest BCUT2D eigenvalue weighted by atomic mass is 9.85. The number of hydrogen-bond donors (Lipinski definition) is 1. The fraction of sp³-hybridized carbons (Fsp3) is 0.267. The highest BCUT2D eigenvalue weighted by Gasteiger charge is 2.35. The summed E-state index contributed by atoms with van der Waals surface area (Å²) in [5.74, 6) is 1.25. The predicted molar refractivity (Wildman–Crippen MR) is 136 cm³/mol. The molecule has 174 valence electrons. The van der Waals surface area contributed by atoms with Crippen molar-refractivity contribution in [3.63, 3.8) is 0 Å². The number of fused-ring (bicyclic) bond motifs is 1. The zero-order valence-electron chi connectivity index (χ0n) is 19.6. The first-order valence-electron chi connectivity index (χ1n) is 12.0. The Hall–Kier alpha value is -3.34. The van der Waals surface area contributed by atoms with E-state index in [1.165, 1.54) is 22.4 Å². The molecule has 1 aliphatic heterocycles. The summed E-state index contributed by atoms with van der Waals surface area (Å²) in [6.07, 6.45) is 5.47. The van der Waals surface area contributed by atoms with Gasteiger partial charge in [0.25, 0.3) is 0 Å². The normalized spacial score (nSPS) is 21.6. The van der Waals surface area contributed by atoms with Crippen LogP contribution in [0.15, 0.2) is 115 Å². The van der Waals surface area contributed by atoms with E-state index in [0.717, 1.165) is 25.3 Å². The quantitative estimate of drug-likeness (QED) is 0.504. The van der Waals surface area contributed by atoms with Gasteiger partial charge in [-0.3, -0.25) is 5.32 Å². The second kappa shape index (κ2) is 10.7. The first kappa shape index (κ1) is 22.5. The van der Waals surface area contributed by atoms with Crippen LogP contribution in [0.1, 0.15) is 16.7 Å². The van der Waals surface area contributed by atoms with Gasteiger partial charge in [-0.25, -0.2) is 0 Å². The lowest BCUT2D eigenvalue weighted by Crippen LogP contribution is -2.53. The van der Waals surface area contributed by atoms with Crippen molar-refractivity contribution in [2.75, 3.05) is 13.7 Å². The van der Waals surface area contributed by atoms with E-state index in [2.05, 4.69) is 113 Å². The Balaban J connectivity index is 1.48. The van der Waals surface area contributed by atoms with Gasteiger partial charge in [0, 0.05) is 37.9 Å². The van der Waals surface area contributed by atoms with Crippen LogP contribution in [0.25, 0.3) is 0 Å². The zero-order chi connectivity index (χ0) is 23.2. The fourth-order valence-electron chi connectivity index (χ4n) is 4.81. The Morgan fingerprint density at radius 1 is 0.824 bits per heavy atom. The van der Waals surface area contributed by atoms with Gasteiger partial charge in [-0.05, 0) is 23.1 Å². The van der Waals surface area contributed by atoms with E-state index in [9.17, 15) is 0 Å². The third-order valence-electron chi connectivity index (χ3n) is 6.57. The van der Waals surface area contributed by atoms with Gasteiger partial charge in [0.05, 0.1) is 6.04 Å². The Morgan fingerprint density at radius 3 is 1.94 bits per heavy atom. The van der Waals surface area contributed by atoms with E-state index in [1.807, 2.05) is 0 Å². The van der Waals surface area contributed by atoms with E-state index in [0.29, 0.717) is 6.61 Å². The van der Waals surface area contributed by atoms with Crippen molar-refractivity contribution in [3.05, 3.63) is 131 Å². The lowest BCUT2D eigenvalue weighted by molar-refractivity contribution is -0.0360. The monoisotopic (exact) mass is 452 g/mol. The largest absolute Gasteiger partial charge is 0.492 e. The number of benzene rings is 3. The van der Waals surface area contributed by atoms with Crippen LogP contribution in [0.2, 0.25) is 0 Å². The maximum atomic E-state index is 6.24. The van der Waals surface area contributed by atoms with Gasteiger partial charge < -0.3 is 14.4 Å². The fourth-order valence-corrected chi connectivity index (χ4v) is 4.81. The number of hydrogen-bond acceptors (Lipinski definition) is 4. The molecule has 1 saturated heterocycles. The van der Waals surface area contributed by atoms with Crippen LogP contribution in [0.5, 0.6) is 0 Å². The second-order valence-corrected chi connectivity index (χ2v) is 9.00. The van der Waals surface area contributed by atoms with E-state index >= 15 is 0 Å². The molecule has 0 saturated carbocycles. The van der Waals surface area contributed by atoms with Gasteiger partial charge in [-0.15, -0.1) is 0 Å². The molecule has 34 heavy (non-hydrogen) atoms. The van der Waals surface area contributed by atoms with Crippen LogP contribution >= 0.6 is 0 Å². The lowest BCUT2D eigenvalue weighted by Gasteiger charge is -2.40. The number of methoxy groups -OCH3 is 1. The molecule has 0 radical (unpaired) electrons. The molecule has 4 heteroatoms. The van der Waals surface area contributed by atoms with Crippen molar-refractivity contribution >= 4 is 0 Å². The molecule has 3 aromatic rings. The van der Waals surface area contributed by atoms with Crippen LogP contribution in [-0.2, 0) is 29.0 Å². The highest BCUT2D eigenvalue weighted by molar-refractivity contribution is 5.34. The van der Waals surface area contributed by atoms with Gasteiger partial charge in [0.1, 0.15) is 18.6 Å². The van der Waals surface area contributed by atoms with E-state index in [4.69, 9.17) is 9.47 Å². The summed E-state index contributed by atoms with van der Waals surface area (Å²) in [6.45, 7) is 2.19. The number of morpholine rings is 1. The minimum absolute atomic E-state index is 0.0953. The average Bonchev–Trinajstić information content (AvgIpc) is 2.90. The standard InChI is InChI=1S/C30H32N2O2/c1-33-29-22-34-28-19-27(18-26(30(28)31-29)17-23-11-5-2-6-12-23)32(20-24-13-7-3-8-14-24)21-25-15-9-4-10-16-25/h2-16,18-19,26,29-31H,17,20-22H2,1H3/t26?,29-,30?/m0/s1. The van der Waals surface area contributed by atoms with Gasteiger partial charge in [-0.1, -0.05) is 97.1 Å². The van der Waals surface area contributed by atoms with Crippen molar-refractivity contribution in [1.29, 1.82) is 0 Å². The van der Waals surface area contributed by atoms with Crippen molar-refractivity contribution in [2.45, 2.75) is 31.8 Å². The molecule has 4 nitrogen and oxygen atoms in total. The summed E-state index contributed by atoms with van der Waals surface area (Å²) in [6, 6.07) is 32.1. The summed E-state index contributed by atoms with van der Waals surface area (Å²) >= 11 is 0. The second-order valence-electron chi connectivity index (χ2n) is 9.00.